The van der Waals surface area contributed by atoms with Crippen LogP contribution in [0.4, 0.5) is 5.69 Å². The molecule has 0 saturated carbocycles. The van der Waals surface area contributed by atoms with Crippen LogP contribution in [0.1, 0.15) is 39.0 Å². The highest BCUT2D eigenvalue weighted by atomic mass is 35.5. The molecular formula is C20H26ClN3O5S. The Balaban J connectivity index is 1.47. The molecule has 0 bridgehead atoms. The summed E-state index contributed by atoms with van der Waals surface area (Å²) in [6.07, 6.45) is 4.20. The van der Waals surface area contributed by atoms with Gasteiger partial charge in [-0.3, -0.25) is 9.59 Å². The lowest BCUT2D eigenvalue weighted by atomic mass is 9.94. The van der Waals surface area contributed by atoms with Crippen molar-refractivity contribution in [3.05, 3.63) is 17.2 Å². The molecule has 10 heteroatoms. The first kappa shape index (κ1) is 21.4. The molecule has 0 aromatic heterocycles. The second-order valence-corrected chi connectivity index (χ2v) is 10.5. The summed E-state index contributed by atoms with van der Waals surface area (Å²) in [4.78, 5) is 26.3. The van der Waals surface area contributed by atoms with Gasteiger partial charge in [-0.2, -0.15) is 4.31 Å². The second kappa shape index (κ2) is 8.36. The molecule has 1 unspecified atom stereocenters. The largest absolute Gasteiger partial charge is 0.482 e. The summed E-state index contributed by atoms with van der Waals surface area (Å²) in [6, 6.07) is 3.01. The van der Waals surface area contributed by atoms with E-state index in [9.17, 15) is 18.0 Å². The molecule has 3 aliphatic heterocycles. The molecule has 0 radical (unpaired) electrons. The first-order chi connectivity index (χ1) is 14.3. The lowest BCUT2D eigenvalue weighted by Gasteiger charge is -2.38. The normalized spacial score (nSPS) is 23.5. The van der Waals surface area contributed by atoms with E-state index in [-0.39, 0.29) is 59.1 Å². The fraction of sp³-hybridized carbons (Fsp3) is 0.600. The number of nitrogens with one attached hydrogen (secondary N) is 1. The second-order valence-electron chi connectivity index (χ2n) is 8.17. The maximum Gasteiger partial charge on any atom is 0.262 e. The molecule has 4 rings (SSSR count). The Hall–Kier alpha value is -1.84. The molecule has 164 valence electrons. The number of rotatable bonds is 3. The molecule has 1 N–H and O–H groups in total. The van der Waals surface area contributed by atoms with Gasteiger partial charge in [-0.15, -0.1) is 0 Å². The summed E-state index contributed by atoms with van der Waals surface area (Å²) in [5, 5.41) is 2.64. The van der Waals surface area contributed by atoms with Gasteiger partial charge in [-0.05, 0) is 45.1 Å². The number of carbonyl (C=O) groups excluding carboxylic acids is 2. The van der Waals surface area contributed by atoms with Crippen molar-refractivity contribution in [1.29, 1.82) is 0 Å². The molecular weight excluding hydrogens is 430 g/mol. The summed E-state index contributed by atoms with van der Waals surface area (Å²) < 4.78 is 33.1. The number of benzene rings is 1. The zero-order valence-electron chi connectivity index (χ0n) is 16.9. The third-order valence-electron chi connectivity index (χ3n) is 6.17. The third kappa shape index (κ3) is 4.02. The third-order valence-corrected chi connectivity index (χ3v) is 8.54. The van der Waals surface area contributed by atoms with E-state index in [1.165, 1.54) is 16.4 Å². The summed E-state index contributed by atoms with van der Waals surface area (Å²) in [5.74, 6) is -0.0320. The minimum Gasteiger partial charge on any atom is -0.482 e. The van der Waals surface area contributed by atoms with Crippen LogP contribution < -0.4 is 10.1 Å². The van der Waals surface area contributed by atoms with Gasteiger partial charge in [-0.25, -0.2) is 8.42 Å². The maximum absolute atomic E-state index is 13.2. The van der Waals surface area contributed by atoms with Crippen LogP contribution in [0.15, 0.2) is 17.0 Å². The Labute approximate surface area is 181 Å². The van der Waals surface area contributed by atoms with Crippen molar-refractivity contribution >= 4 is 39.1 Å². The molecule has 0 aliphatic carbocycles. The number of piperidine rings is 2. The summed E-state index contributed by atoms with van der Waals surface area (Å²) in [6.45, 7) is 3.24. The van der Waals surface area contributed by atoms with E-state index < -0.39 is 10.0 Å². The van der Waals surface area contributed by atoms with Crippen molar-refractivity contribution in [2.45, 2.75) is 50.0 Å². The number of amides is 2. The highest BCUT2D eigenvalue weighted by Crippen LogP contribution is 2.37. The average Bonchev–Trinajstić information content (AvgIpc) is 2.73. The van der Waals surface area contributed by atoms with Crippen LogP contribution in [-0.2, 0) is 19.6 Å². The van der Waals surface area contributed by atoms with Gasteiger partial charge in [0.1, 0.15) is 10.6 Å². The molecule has 1 aromatic carbocycles. The van der Waals surface area contributed by atoms with Crippen LogP contribution in [-0.4, -0.2) is 61.7 Å². The Morgan fingerprint density at radius 1 is 1.17 bits per heavy atom. The number of halogens is 1. The zero-order valence-corrected chi connectivity index (χ0v) is 18.5. The van der Waals surface area contributed by atoms with Crippen LogP contribution in [0.2, 0.25) is 5.02 Å². The van der Waals surface area contributed by atoms with Crippen molar-refractivity contribution in [1.82, 2.24) is 9.21 Å². The van der Waals surface area contributed by atoms with Gasteiger partial charge < -0.3 is 15.0 Å². The standard InChI is InChI=1S/C20H26ClN3O5S/c1-13-4-2-3-7-24(13)20(26)14-5-8-23(9-6-14)30(27,28)18-11-17-16(10-15(18)21)22-19(25)12-29-17/h10-11,13-14H,2-9,12H2,1H3,(H,22,25). The summed E-state index contributed by atoms with van der Waals surface area (Å²) in [5.41, 5.74) is 0.357. The maximum atomic E-state index is 13.2. The van der Waals surface area contributed by atoms with E-state index in [0.717, 1.165) is 25.8 Å². The number of ether oxygens (including phenoxy) is 1. The smallest absolute Gasteiger partial charge is 0.262 e. The van der Waals surface area contributed by atoms with Crippen molar-refractivity contribution in [2.24, 2.45) is 5.92 Å². The molecule has 2 fully saturated rings. The fourth-order valence-electron chi connectivity index (χ4n) is 4.42. The topological polar surface area (TPSA) is 96.0 Å². The van der Waals surface area contributed by atoms with Gasteiger partial charge in [0, 0.05) is 37.7 Å². The predicted molar refractivity (Wildman–Crippen MR) is 112 cm³/mol. The minimum absolute atomic E-state index is 0.0277. The minimum atomic E-state index is -3.84. The van der Waals surface area contributed by atoms with Gasteiger partial charge >= 0.3 is 0 Å². The molecule has 3 aliphatic rings. The molecule has 2 amide bonds. The zero-order chi connectivity index (χ0) is 21.5. The molecule has 30 heavy (non-hydrogen) atoms. The number of nitrogens with zero attached hydrogens (tertiary/aromatic N) is 2. The fourth-order valence-corrected chi connectivity index (χ4v) is 6.41. The van der Waals surface area contributed by atoms with Gasteiger partial charge in [-0.1, -0.05) is 11.6 Å². The van der Waals surface area contributed by atoms with Crippen molar-refractivity contribution in [2.75, 3.05) is 31.6 Å². The predicted octanol–water partition coefficient (Wildman–Crippen LogP) is 2.47. The van der Waals surface area contributed by atoms with Gasteiger partial charge in [0.2, 0.25) is 15.9 Å². The van der Waals surface area contributed by atoms with E-state index in [1.807, 2.05) is 4.90 Å². The van der Waals surface area contributed by atoms with E-state index in [4.69, 9.17) is 16.3 Å². The number of hydrogen-bond donors (Lipinski definition) is 1. The van der Waals surface area contributed by atoms with Gasteiger partial charge in [0.15, 0.2) is 6.61 Å². The van der Waals surface area contributed by atoms with Crippen LogP contribution in [0.3, 0.4) is 0 Å². The van der Waals surface area contributed by atoms with E-state index in [1.54, 1.807) is 0 Å². The number of likely N-dealkylation sites (tertiary alicyclic amines) is 1. The lowest BCUT2D eigenvalue weighted by Crippen LogP contribution is -2.48. The monoisotopic (exact) mass is 455 g/mol. The Morgan fingerprint density at radius 2 is 1.90 bits per heavy atom. The highest BCUT2D eigenvalue weighted by molar-refractivity contribution is 7.89. The molecule has 1 aromatic rings. The van der Waals surface area contributed by atoms with Gasteiger partial charge in [0.25, 0.3) is 5.91 Å². The van der Waals surface area contributed by atoms with E-state index >= 15 is 0 Å². The Morgan fingerprint density at radius 3 is 2.60 bits per heavy atom. The average molecular weight is 456 g/mol. The number of fused-ring (bicyclic) bond motifs is 1. The number of hydrogen-bond acceptors (Lipinski definition) is 5. The molecule has 8 nitrogen and oxygen atoms in total. The molecule has 3 heterocycles. The number of sulfonamides is 1. The highest BCUT2D eigenvalue weighted by Gasteiger charge is 2.36. The summed E-state index contributed by atoms with van der Waals surface area (Å²) >= 11 is 6.24. The molecule has 0 spiro atoms. The van der Waals surface area contributed by atoms with Gasteiger partial charge in [0.05, 0.1) is 10.7 Å². The van der Waals surface area contributed by atoms with E-state index in [2.05, 4.69) is 12.2 Å². The quantitative estimate of drug-likeness (QED) is 0.755. The van der Waals surface area contributed by atoms with Crippen molar-refractivity contribution in [3.63, 3.8) is 0 Å². The van der Waals surface area contributed by atoms with Crippen LogP contribution in [0.5, 0.6) is 5.75 Å². The first-order valence-electron chi connectivity index (χ1n) is 10.3. The Kier molecular flexibility index (Phi) is 5.96. The number of carbonyl (C=O) groups is 2. The van der Waals surface area contributed by atoms with E-state index in [0.29, 0.717) is 18.5 Å². The SMILES string of the molecule is CC1CCCCN1C(=O)C1CCN(S(=O)(=O)c2cc3c(cc2Cl)NC(=O)CO3)CC1. The van der Waals surface area contributed by atoms with Crippen LogP contribution in [0.25, 0.3) is 0 Å². The first-order valence-corrected chi connectivity index (χ1v) is 12.2. The van der Waals surface area contributed by atoms with Crippen molar-refractivity contribution < 1.29 is 22.7 Å². The Bertz CT molecular complexity index is 959. The molecule has 1 atom stereocenters. The lowest BCUT2D eigenvalue weighted by molar-refractivity contribution is -0.140. The summed E-state index contributed by atoms with van der Waals surface area (Å²) in [7, 11) is -3.84. The van der Waals surface area contributed by atoms with Crippen LogP contribution >= 0.6 is 11.6 Å². The van der Waals surface area contributed by atoms with Crippen LogP contribution in [0, 0.1) is 5.92 Å². The molecule has 2 saturated heterocycles. The number of anilines is 1. The van der Waals surface area contributed by atoms with Crippen molar-refractivity contribution in [3.8, 4) is 5.75 Å².